The van der Waals surface area contributed by atoms with Crippen LogP contribution in [-0.4, -0.2) is 25.2 Å². The number of aryl methyl sites for hydroxylation is 1. The summed E-state index contributed by atoms with van der Waals surface area (Å²) >= 11 is 6.17. The lowest BCUT2D eigenvalue weighted by Gasteiger charge is -2.25. The van der Waals surface area contributed by atoms with Gasteiger partial charge in [-0.15, -0.1) is 0 Å². The van der Waals surface area contributed by atoms with Gasteiger partial charge < -0.3 is 5.11 Å². The largest absolute Gasteiger partial charge is 0.507 e. The molecule has 0 bridgehead atoms. The number of anilines is 1. The van der Waals surface area contributed by atoms with Crippen LogP contribution in [0.5, 0.6) is 0 Å². The molecule has 168 valence electrons. The van der Waals surface area contributed by atoms with E-state index >= 15 is 0 Å². The van der Waals surface area contributed by atoms with E-state index in [1.165, 1.54) is 29.2 Å². The average molecular weight is 483 g/mol. The van der Waals surface area contributed by atoms with Gasteiger partial charge in [-0.05, 0) is 48.9 Å². The number of hydrogen-bond donors (Lipinski definition) is 2. The van der Waals surface area contributed by atoms with Crippen LogP contribution in [0.2, 0.25) is 5.02 Å². The number of ketones is 1. The van der Waals surface area contributed by atoms with Gasteiger partial charge >= 0.3 is 0 Å². The van der Waals surface area contributed by atoms with Crippen molar-refractivity contribution in [1.29, 1.82) is 0 Å². The Balaban J connectivity index is 1.92. The topological polar surface area (TPSA) is 118 Å². The second-order valence-corrected chi connectivity index (χ2v) is 9.63. The number of aliphatic hydroxyl groups is 1. The molecular formula is C24H19ClN2O5S. The van der Waals surface area contributed by atoms with Crippen molar-refractivity contribution < 1.29 is 23.1 Å². The Morgan fingerprint density at radius 2 is 1.64 bits per heavy atom. The number of aliphatic hydroxyl groups excluding tert-OH is 1. The van der Waals surface area contributed by atoms with Crippen molar-refractivity contribution in [2.45, 2.75) is 17.9 Å². The average Bonchev–Trinajstić information content (AvgIpc) is 3.04. The Morgan fingerprint density at radius 1 is 1.00 bits per heavy atom. The molecule has 9 heteroatoms. The highest BCUT2D eigenvalue weighted by Crippen LogP contribution is 2.42. The number of hydrogen-bond acceptors (Lipinski definition) is 5. The van der Waals surface area contributed by atoms with Crippen LogP contribution >= 0.6 is 11.6 Å². The molecule has 1 aliphatic rings. The second kappa shape index (κ2) is 8.47. The zero-order valence-electron chi connectivity index (χ0n) is 17.4. The van der Waals surface area contributed by atoms with E-state index in [9.17, 15) is 23.1 Å². The monoisotopic (exact) mass is 482 g/mol. The molecule has 1 unspecified atom stereocenters. The van der Waals surface area contributed by atoms with Gasteiger partial charge in [-0.25, -0.2) is 13.6 Å². The molecule has 3 aromatic rings. The number of rotatable bonds is 4. The summed E-state index contributed by atoms with van der Waals surface area (Å²) in [5.41, 5.74) is 2.02. The molecule has 3 aromatic carbocycles. The van der Waals surface area contributed by atoms with Gasteiger partial charge in [-0.3, -0.25) is 14.5 Å². The minimum atomic E-state index is -3.94. The first-order chi connectivity index (χ1) is 15.6. The molecule has 1 fully saturated rings. The molecular weight excluding hydrogens is 464 g/mol. The van der Waals surface area contributed by atoms with Crippen LogP contribution in [0.4, 0.5) is 5.69 Å². The number of nitrogens with two attached hydrogens (primary N) is 1. The third kappa shape index (κ3) is 4.28. The lowest BCUT2D eigenvalue weighted by atomic mass is 9.95. The maximum atomic E-state index is 13.1. The second-order valence-electron chi connectivity index (χ2n) is 7.63. The van der Waals surface area contributed by atoms with Crippen LogP contribution in [0.3, 0.4) is 0 Å². The van der Waals surface area contributed by atoms with Crippen LogP contribution in [0.1, 0.15) is 22.7 Å². The summed E-state index contributed by atoms with van der Waals surface area (Å²) in [6.45, 7) is 1.89. The summed E-state index contributed by atoms with van der Waals surface area (Å²) in [5, 5.41) is 16.6. The Morgan fingerprint density at radius 3 is 2.21 bits per heavy atom. The Labute approximate surface area is 195 Å². The van der Waals surface area contributed by atoms with Crippen LogP contribution < -0.4 is 10.0 Å². The van der Waals surface area contributed by atoms with Gasteiger partial charge in [0.1, 0.15) is 5.76 Å². The van der Waals surface area contributed by atoms with Crippen molar-refractivity contribution >= 4 is 44.8 Å². The number of amides is 1. The maximum Gasteiger partial charge on any atom is 0.300 e. The standard InChI is InChI=1S/C24H19ClN2O5S/c1-14-5-7-15(8-6-14)22(28)20-21(16-3-2-4-17(25)13-16)27(24(30)23(20)29)18-9-11-19(12-10-18)33(26,31)32/h2-13,21,28H,1H3,(H2,26,31,32). The van der Waals surface area contributed by atoms with Crippen LogP contribution in [-0.2, 0) is 19.6 Å². The van der Waals surface area contributed by atoms with E-state index in [-0.39, 0.29) is 21.9 Å². The van der Waals surface area contributed by atoms with Crippen molar-refractivity contribution in [3.05, 3.63) is 100 Å². The lowest BCUT2D eigenvalue weighted by Crippen LogP contribution is -2.29. The van der Waals surface area contributed by atoms with E-state index in [0.29, 0.717) is 16.1 Å². The number of sulfonamides is 1. The van der Waals surface area contributed by atoms with Crippen LogP contribution in [0, 0.1) is 6.92 Å². The van der Waals surface area contributed by atoms with Crippen LogP contribution in [0.15, 0.2) is 83.3 Å². The van der Waals surface area contributed by atoms with E-state index in [2.05, 4.69) is 0 Å². The van der Waals surface area contributed by atoms with Crippen molar-refractivity contribution in [1.82, 2.24) is 0 Å². The van der Waals surface area contributed by atoms with Crippen molar-refractivity contribution in [2.24, 2.45) is 5.14 Å². The van der Waals surface area contributed by atoms with Gasteiger partial charge in [0.15, 0.2) is 0 Å². The molecule has 1 aliphatic heterocycles. The molecule has 1 saturated heterocycles. The Hall–Kier alpha value is -3.46. The molecule has 33 heavy (non-hydrogen) atoms. The number of carbonyl (C=O) groups excluding carboxylic acids is 2. The fourth-order valence-electron chi connectivity index (χ4n) is 3.75. The normalized spacial score (nSPS) is 18.0. The molecule has 0 radical (unpaired) electrons. The lowest BCUT2D eigenvalue weighted by molar-refractivity contribution is -0.132. The predicted octanol–water partition coefficient (Wildman–Crippen LogP) is 3.92. The number of benzene rings is 3. The summed E-state index contributed by atoms with van der Waals surface area (Å²) in [6.07, 6.45) is 0. The molecule has 4 rings (SSSR count). The van der Waals surface area contributed by atoms with E-state index in [1.54, 1.807) is 48.5 Å². The van der Waals surface area contributed by atoms with Gasteiger partial charge in [-0.1, -0.05) is 53.6 Å². The van der Waals surface area contributed by atoms with Gasteiger partial charge in [0, 0.05) is 16.3 Å². The summed E-state index contributed by atoms with van der Waals surface area (Å²) < 4.78 is 23.2. The number of halogens is 1. The summed E-state index contributed by atoms with van der Waals surface area (Å²) in [5.74, 6) is -2.05. The fourth-order valence-corrected chi connectivity index (χ4v) is 4.47. The number of primary sulfonamides is 1. The molecule has 0 aromatic heterocycles. The first kappa shape index (κ1) is 22.7. The zero-order valence-corrected chi connectivity index (χ0v) is 19.0. The smallest absolute Gasteiger partial charge is 0.300 e. The molecule has 1 atom stereocenters. The molecule has 0 aliphatic carbocycles. The summed E-state index contributed by atoms with van der Waals surface area (Å²) in [6, 6.07) is 17.8. The van der Waals surface area contributed by atoms with Gasteiger partial charge in [0.05, 0.1) is 16.5 Å². The third-order valence-corrected chi connectivity index (χ3v) is 6.54. The number of carbonyl (C=O) groups is 2. The first-order valence-electron chi connectivity index (χ1n) is 9.84. The maximum absolute atomic E-state index is 13.1. The summed E-state index contributed by atoms with van der Waals surface area (Å²) in [7, 11) is -3.94. The fraction of sp³-hybridized carbons (Fsp3) is 0.0833. The van der Waals surface area contributed by atoms with Gasteiger partial charge in [0.2, 0.25) is 10.0 Å². The molecule has 0 spiro atoms. The quantitative estimate of drug-likeness (QED) is 0.332. The first-order valence-corrected chi connectivity index (χ1v) is 11.8. The Bertz CT molecular complexity index is 1400. The van der Waals surface area contributed by atoms with Crippen molar-refractivity contribution in [3.8, 4) is 0 Å². The minimum absolute atomic E-state index is 0.0957. The van der Waals surface area contributed by atoms with E-state index in [0.717, 1.165) is 5.56 Å². The predicted molar refractivity (Wildman–Crippen MR) is 125 cm³/mol. The highest BCUT2D eigenvalue weighted by Gasteiger charge is 2.47. The van der Waals surface area contributed by atoms with E-state index in [1.807, 2.05) is 6.92 Å². The van der Waals surface area contributed by atoms with Gasteiger partial charge in [-0.2, -0.15) is 0 Å². The molecule has 1 amide bonds. The number of nitrogens with zero attached hydrogens (tertiary/aromatic N) is 1. The molecule has 1 heterocycles. The van der Waals surface area contributed by atoms with Gasteiger partial charge in [0.25, 0.3) is 11.7 Å². The zero-order chi connectivity index (χ0) is 23.9. The third-order valence-electron chi connectivity index (χ3n) is 5.38. The van der Waals surface area contributed by atoms with Crippen molar-refractivity contribution in [2.75, 3.05) is 4.90 Å². The summed E-state index contributed by atoms with van der Waals surface area (Å²) in [4.78, 5) is 27.3. The van der Waals surface area contributed by atoms with Crippen LogP contribution in [0.25, 0.3) is 5.76 Å². The highest BCUT2D eigenvalue weighted by atomic mass is 35.5. The Kier molecular flexibility index (Phi) is 5.84. The number of Topliss-reactive ketones (excluding diaryl/α,β-unsaturated/α-hetero) is 1. The minimum Gasteiger partial charge on any atom is -0.507 e. The SMILES string of the molecule is Cc1ccc(C(O)=C2C(=O)C(=O)N(c3ccc(S(N)(=O)=O)cc3)C2c2cccc(Cl)c2)cc1. The van der Waals surface area contributed by atoms with Crippen molar-refractivity contribution in [3.63, 3.8) is 0 Å². The highest BCUT2D eigenvalue weighted by molar-refractivity contribution is 7.89. The van der Waals surface area contributed by atoms with E-state index < -0.39 is 27.8 Å². The molecule has 0 saturated carbocycles. The van der Waals surface area contributed by atoms with E-state index in [4.69, 9.17) is 16.7 Å². The molecule has 7 nitrogen and oxygen atoms in total. The molecule has 3 N–H and O–H groups in total.